The van der Waals surface area contributed by atoms with Gasteiger partial charge in [-0.3, -0.25) is 24.9 Å². The van der Waals surface area contributed by atoms with Crippen molar-refractivity contribution in [3.8, 4) is 17.2 Å². The van der Waals surface area contributed by atoms with E-state index in [1.807, 2.05) is 182 Å². The molecule has 2 atom stereocenters. The molecule has 25 heteroatoms. The molecule has 19 rings (SSSR count). The Balaban J connectivity index is 0.000000144. The molecule has 4 aromatic carbocycles. The van der Waals surface area contributed by atoms with Crippen molar-refractivity contribution < 1.29 is 49.7 Å². The molecule has 1 N–H and O–H groups in total. The van der Waals surface area contributed by atoms with E-state index in [9.17, 15) is 26.0 Å². The average molecular weight is 1930 g/mol. The second kappa shape index (κ2) is 49.8. The number of pyridine rings is 5. The normalized spacial score (nSPS) is 17.2. The molecule has 20 nitrogen and oxygen atoms in total. The number of aryl methyl sites for hydroxylation is 1. The lowest BCUT2D eigenvalue weighted by Gasteiger charge is -2.46. The first-order valence-electron chi connectivity index (χ1n) is 50.1. The van der Waals surface area contributed by atoms with Gasteiger partial charge in [0.2, 0.25) is 9.84 Å². The van der Waals surface area contributed by atoms with Crippen LogP contribution >= 0.6 is 0 Å². The second-order valence-electron chi connectivity index (χ2n) is 41.0. The minimum Gasteiger partial charge on any atom is -0.489 e. The fourth-order valence-corrected chi connectivity index (χ4v) is 17.9. The van der Waals surface area contributed by atoms with Crippen molar-refractivity contribution in [1.82, 2.24) is 54.8 Å². The Kier molecular flexibility index (Phi) is 38.3. The van der Waals surface area contributed by atoms with Gasteiger partial charge in [0.15, 0.2) is 5.67 Å². The minimum absolute atomic E-state index is 0.0686. The van der Waals surface area contributed by atoms with Crippen molar-refractivity contribution in [3.63, 3.8) is 0 Å². The number of ether oxygens (including phenoxy) is 5. The number of alkyl halides is 1. The first-order chi connectivity index (χ1) is 66.9. The van der Waals surface area contributed by atoms with E-state index >= 15 is 0 Å². The Hall–Kier alpha value is -11.4. The highest BCUT2D eigenvalue weighted by molar-refractivity contribution is 7.91. The number of hydrogen-bond donors (Lipinski definition) is 1. The number of para-hydroxylation sites is 2. The summed E-state index contributed by atoms with van der Waals surface area (Å²) in [6.07, 6.45) is 34.8. The number of sulfone groups is 1. The summed E-state index contributed by atoms with van der Waals surface area (Å²) in [5.41, 5.74) is 12.2. The Morgan fingerprint density at radius 3 is 1.34 bits per heavy atom. The molecule has 6 fully saturated rings. The lowest BCUT2D eigenvalue weighted by molar-refractivity contribution is -0.0615. The van der Waals surface area contributed by atoms with Crippen LogP contribution in [0.2, 0.25) is 0 Å². The maximum absolute atomic E-state index is 14.8. The minimum atomic E-state index is -3.51. The monoisotopic (exact) mass is 1930 g/mol. The van der Waals surface area contributed by atoms with E-state index < -0.39 is 21.3 Å². The number of anilines is 3. The molecule has 140 heavy (non-hydrogen) atoms. The summed E-state index contributed by atoms with van der Waals surface area (Å²) in [7, 11) is -3.51. The predicted octanol–water partition coefficient (Wildman–Crippen LogP) is 27.8. The van der Waals surface area contributed by atoms with Gasteiger partial charge in [0.25, 0.3) is 0 Å². The van der Waals surface area contributed by atoms with Crippen LogP contribution in [0.3, 0.4) is 0 Å². The summed E-state index contributed by atoms with van der Waals surface area (Å²) < 4.78 is 110. The zero-order valence-electron chi connectivity index (χ0n) is 85.4. The number of nitrogens with one attached hydrogen (secondary N) is 1. The molecule has 12 aromatic rings. The molecule has 8 aromatic heterocycles. The van der Waals surface area contributed by atoms with Gasteiger partial charge < -0.3 is 33.9 Å². The van der Waals surface area contributed by atoms with Gasteiger partial charge in [-0.05, 0) is 227 Å². The summed E-state index contributed by atoms with van der Waals surface area (Å²) in [6.45, 7) is 42.4. The van der Waals surface area contributed by atoms with Gasteiger partial charge >= 0.3 is 0 Å². The molecule has 746 valence electrons. The molecule has 3 aliphatic carbocycles. The molecular weight excluding hydrogens is 1780 g/mol. The summed E-state index contributed by atoms with van der Waals surface area (Å²) in [5, 5.41) is 3.25. The van der Waals surface area contributed by atoms with Crippen LogP contribution in [0.1, 0.15) is 341 Å². The van der Waals surface area contributed by atoms with Crippen LogP contribution in [-0.2, 0) is 49.0 Å². The first-order valence-corrected chi connectivity index (χ1v) is 51.6. The molecule has 7 aliphatic rings. The summed E-state index contributed by atoms with van der Waals surface area (Å²) >= 11 is 0. The van der Waals surface area contributed by atoms with E-state index in [1.165, 1.54) is 79.9 Å². The summed E-state index contributed by atoms with van der Waals surface area (Å²) in [4.78, 5) is 49.4. The van der Waals surface area contributed by atoms with Crippen LogP contribution in [0.5, 0.6) is 17.2 Å². The second-order valence-corrected chi connectivity index (χ2v) is 43.0. The lowest BCUT2D eigenvalue weighted by atomic mass is 9.87. The van der Waals surface area contributed by atoms with E-state index in [1.54, 1.807) is 54.9 Å². The van der Waals surface area contributed by atoms with Crippen molar-refractivity contribution in [2.24, 2.45) is 5.41 Å². The van der Waals surface area contributed by atoms with Crippen molar-refractivity contribution in [3.05, 3.63) is 317 Å². The van der Waals surface area contributed by atoms with Crippen molar-refractivity contribution in [1.29, 1.82) is 0 Å². The molecule has 2 spiro atoms. The fraction of sp³-hybridized carbons (Fsp3) is 0.470. The van der Waals surface area contributed by atoms with E-state index in [4.69, 9.17) is 23.7 Å². The molecule has 0 bridgehead atoms. The molecule has 4 saturated heterocycles. The molecule has 0 amide bonds. The van der Waals surface area contributed by atoms with E-state index in [2.05, 4.69) is 155 Å². The Morgan fingerprint density at radius 2 is 0.886 bits per heavy atom. The summed E-state index contributed by atoms with van der Waals surface area (Å²) in [5.74, 6) is 7.22. The van der Waals surface area contributed by atoms with Gasteiger partial charge in [-0.15, -0.1) is 0 Å². The third-order valence-electron chi connectivity index (χ3n) is 26.2. The van der Waals surface area contributed by atoms with Gasteiger partial charge in [0, 0.05) is 142 Å². The third kappa shape index (κ3) is 31.1. The third-order valence-corrected chi connectivity index (χ3v) is 27.9. The largest absolute Gasteiger partial charge is 0.489 e. The molecule has 4 aliphatic heterocycles. The van der Waals surface area contributed by atoms with Crippen LogP contribution < -0.4 is 19.7 Å². The highest BCUT2D eigenvalue weighted by Crippen LogP contribution is 2.56. The number of aromatic nitrogens is 11. The highest BCUT2D eigenvalue weighted by atomic mass is 32.2. The van der Waals surface area contributed by atoms with E-state index in [0.717, 1.165) is 139 Å². The fourth-order valence-electron chi connectivity index (χ4n) is 16.8. The predicted molar refractivity (Wildman–Crippen MR) is 549 cm³/mol. The number of hydrogen-bond acceptors (Lipinski definition) is 20. The van der Waals surface area contributed by atoms with Crippen LogP contribution in [0.4, 0.5) is 34.6 Å². The maximum Gasteiger partial charge on any atom is 0.209 e. The Labute approximate surface area is 828 Å². The average Bonchev–Trinajstić information content (AvgIpc) is 1.54. The molecule has 0 radical (unpaired) electrons. The van der Waals surface area contributed by atoms with E-state index in [-0.39, 0.29) is 86.8 Å². The number of nitrogens with zero attached hydrogens (tertiary/aromatic N) is 12. The van der Waals surface area contributed by atoms with Crippen LogP contribution in [0.25, 0.3) is 0 Å². The quantitative estimate of drug-likeness (QED) is 0.0621. The lowest BCUT2D eigenvalue weighted by Crippen LogP contribution is -2.57. The zero-order chi connectivity index (χ0) is 100. The van der Waals surface area contributed by atoms with Gasteiger partial charge in [-0.1, -0.05) is 185 Å². The molecule has 2 unspecified atom stereocenters. The van der Waals surface area contributed by atoms with Crippen molar-refractivity contribution in [2.45, 2.75) is 313 Å². The van der Waals surface area contributed by atoms with Gasteiger partial charge in [0.1, 0.15) is 63.2 Å². The Bertz CT molecular complexity index is 5860. The number of halogens is 4. The maximum atomic E-state index is 14.8. The molecular formula is C115H145F4N13O7S. The van der Waals surface area contributed by atoms with Crippen LogP contribution in [0, 0.1) is 22.9 Å². The number of fused-ring (bicyclic) bond motifs is 1. The van der Waals surface area contributed by atoms with Crippen molar-refractivity contribution >= 4 is 26.9 Å². The molecule has 12 heterocycles. The molecule has 2 saturated carbocycles. The number of rotatable bonds is 22. The van der Waals surface area contributed by atoms with Crippen LogP contribution in [-0.4, -0.2) is 120 Å². The van der Waals surface area contributed by atoms with Crippen molar-refractivity contribution in [2.75, 3.05) is 49.7 Å². The zero-order valence-corrected chi connectivity index (χ0v) is 86.2. The Morgan fingerprint density at radius 1 is 0.429 bits per heavy atom. The standard InChI is InChI=1S/C19H21NO.C17H18F2N2.C15H20FNO.C15H22FNO.C13H15N3.C13H14N2O2S.C13H19NO2.C10H16N2/c1-13(2)18-6-5-17(12-20-18)21-16-4-3-14-10-19(7-8-19)11-15(14)9-16;1-12(2)16-8-15(18)14(9-20-16)17(19)10-21(11-17)13-6-4-3-5-7-13;1-10(2)14-7-13(16)12(8-17-14)11-3-4-15(5-6-15)18-9-11;1-10(2)14-7-13(16)12(8-17-14)11-5-6-15(3,4)18-9-11;1-10(2)13-14-8-12(9-15-13)16-11-6-4-3-5-7-11;1-10(2)13-14-8-12(9-15-13)18(16,17)11-6-4-3-5-7-11;1-10(2)13-4-3-12(9-14-13)16-11-5-7-15-8-6-11;1-4-5-9-6-11-10(8(2)3)12-7-9/h3-6,9,12-13H,7-8,10-11H2,1-2H3;3-9,12H,10-11H2,1-2H3;7-8,10-11H,3-6,9H2,1-2H3;7-8,10-11H,5-6,9H2,1-4H3;3-10,16H,1-2H3;3-10H,1-2H3;3-4,9-11H,5-8H2,1-2H3;6-8H,4-5H2,1-3H3. The van der Waals surface area contributed by atoms with Gasteiger partial charge in [-0.25, -0.2) is 55.9 Å². The topological polar surface area (TPSA) is 237 Å². The van der Waals surface area contributed by atoms with Gasteiger partial charge in [0.05, 0.1) is 86.1 Å². The van der Waals surface area contributed by atoms with E-state index in [0.29, 0.717) is 65.5 Å². The van der Waals surface area contributed by atoms with Crippen LogP contribution in [0.15, 0.2) is 230 Å². The summed E-state index contributed by atoms with van der Waals surface area (Å²) in [6, 6.07) is 47.0. The highest BCUT2D eigenvalue weighted by Gasteiger charge is 2.49. The SMILES string of the molecule is CC(C)c1cc(F)c(C2(F)CN(c3ccccc3)C2)cn1.CC(C)c1cc(F)c(C2CCC(C)(C)OC2)cn1.CC(C)c1cc(F)c(C2CCC3(CC3)OC2)cn1.CC(C)c1ccc(OC2CCOCC2)cn1.CC(C)c1ccc(Oc2ccc3c(c2)CC2(CC2)C3)cn1.CC(C)c1ncc(Nc2ccccc2)cn1.CC(C)c1ncc(S(=O)(=O)c2ccccc2)cn1.CCCc1cnc(C(C)C)nc1. The smallest absolute Gasteiger partial charge is 0.209 e. The first kappa shape index (κ1) is 107. The van der Waals surface area contributed by atoms with Gasteiger partial charge in [-0.2, -0.15) is 0 Å². The number of benzene rings is 4.